The van der Waals surface area contributed by atoms with Crippen LogP contribution in [0.25, 0.3) is 10.9 Å². The van der Waals surface area contributed by atoms with Crippen molar-refractivity contribution in [3.05, 3.63) is 53.9 Å². The minimum atomic E-state index is -1.75. The molecule has 1 nitrogen and oxygen atoms in total. The van der Waals surface area contributed by atoms with E-state index in [2.05, 4.69) is 22.9 Å². The fourth-order valence-electron chi connectivity index (χ4n) is 2.17. The number of hydrogen-bond acceptors (Lipinski definition) is 0. The Morgan fingerprint density at radius 2 is 2.11 bits per heavy atom. The van der Waals surface area contributed by atoms with Crippen molar-refractivity contribution in [2.45, 2.75) is 19.3 Å². The first-order chi connectivity index (χ1) is 8.68. The van der Waals surface area contributed by atoms with Gasteiger partial charge in [0.05, 0.1) is 0 Å². The van der Waals surface area contributed by atoms with Crippen molar-refractivity contribution in [2.75, 3.05) is 0 Å². The van der Waals surface area contributed by atoms with Gasteiger partial charge in [-0.2, -0.15) is 8.78 Å². The minimum Gasteiger partial charge on any atom is -0.350 e. The number of fused-ring (bicyclic) bond motifs is 1. The summed E-state index contributed by atoms with van der Waals surface area (Å²) in [5, 5.41) is 1.25. The topological polar surface area (TPSA) is 4.93 Å². The number of unbranched alkanes of at least 4 members (excludes halogenated alkanes) is 1. The average Bonchev–Trinajstić information content (AvgIpc) is 2.66. The van der Waals surface area contributed by atoms with Crippen LogP contribution in [-0.4, -0.2) is 4.57 Å². The Kier molecular flexibility index (Phi) is 3.96. The van der Waals surface area contributed by atoms with E-state index in [4.69, 9.17) is 0 Å². The summed E-state index contributed by atoms with van der Waals surface area (Å²) in [5.41, 5.74) is 4.40. The van der Waals surface area contributed by atoms with Crippen LogP contribution < -0.4 is 0 Å². The molecule has 0 N–H and O–H groups in total. The fraction of sp³-hybridized carbons (Fsp3) is 0.267. The van der Waals surface area contributed by atoms with E-state index in [1.54, 1.807) is 0 Å². The normalized spacial score (nSPS) is 10.4. The number of aryl methyl sites for hydroxylation is 2. The fourth-order valence-corrected chi connectivity index (χ4v) is 2.17. The summed E-state index contributed by atoms with van der Waals surface area (Å²) in [6.07, 6.45) is 4.14. The third kappa shape index (κ3) is 2.88. The number of hydrogen-bond donors (Lipinski definition) is 0. The van der Waals surface area contributed by atoms with E-state index < -0.39 is 6.08 Å². The first-order valence-electron chi connectivity index (χ1n) is 5.97. The van der Waals surface area contributed by atoms with E-state index in [0.717, 1.165) is 12.8 Å². The highest BCUT2D eigenvalue weighted by Crippen LogP contribution is 2.21. The summed E-state index contributed by atoms with van der Waals surface area (Å²) in [6.45, 7) is 0. The molecule has 0 saturated heterocycles. The Morgan fingerprint density at radius 1 is 1.33 bits per heavy atom. The molecule has 94 valence electrons. The molecule has 0 fully saturated rings. The second-order valence-corrected chi connectivity index (χ2v) is 4.28. The number of halogens is 2. The molecule has 0 amide bonds. The number of benzene rings is 1. The Labute approximate surface area is 105 Å². The monoisotopic (exact) mass is 247 g/mol. The molecule has 0 aliphatic rings. The highest BCUT2D eigenvalue weighted by molar-refractivity contribution is 5.83. The van der Waals surface area contributed by atoms with Crippen LogP contribution in [0.4, 0.5) is 8.78 Å². The lowest BCUT2D eigenvalue weighted by Crippen LogP contribution is -1.83. The highest BCUT2D eigenvalue weighted by atomic mass is 19.3. The number of aromatic nitrogens is 1. The minimum absolute atomic E-state index is 0.626. The van der Waals surface area contributed by atoms with Crippen molar-refractivity contribution < 1.29 is 8.78 Å². The van der Waals surface area contributed by atoms with Crippen LogP contribution in [0, 0.1) is 0 Å². The van der Waals surface area contributed by atoms with Gasteiger partial charge in [-0.3, -0.25) is 0 Å². The van der Waals surface area contributed by atoms with E-state index in [1.807, 2.05) is 24.9 Å². The van der Waals surface area contributed by atoms with Crippen molar-refractivity contribution in [1.29, 1.82) is 0 Å². The van der Waals surface area contributed by atoms with E-state index >= 15 is 0 Å². The molecule has 0 saturated carbocycles. The highest BCUT2D eigenvalue weighted by Gasteiger charge is 2.04. The van der Waals surface area contributed by atoms with Crippen molar-refractivity contribution in [3.8, 4) is 0 Å². The van der Waals surface area contributed by atoms with Gasteiger partial charge in [-0.05, 0) is 37.0 Å². The number of allylic oxidation sites excluding steroid dienone is 1. The van der Waals surface area contributed by atoms with Crippen molar-refractivity contribution >= 4 is 10.9 Å². The van der Waals surface area contributed by atoms with Gasteiger partial charge in [-0.15, -0.1) is 0 Å². The molecule has 0 aliphatic carbocycles. The van der Waals surface area contributed by atoms with Crippen LogP contribution >= 0.6 is 0 Å². The molecule has 0 bridgehead atoms. The maximum Gasteiger partial charge on any atom is 0.312 e. The molecule has 1 aromatic heterocycles. The Hall–Kier alpha value is -1.86. The van der Waals surface area contributed by atoms with Crippen LogP contribution in [0.3, 0.4) is 0 Å². The molecule has 0 aliphatic heterocycles. The number of rotatable bonds is 4. The van der Waals surface area contributed by atoms with Crippen molar-refractivity contribution in [2.24, 2.45) is 7.05 Å². The summed E-state index contributed by atoms with van der Waals surface area (Å²) in [5.74, 6) is 0. The Bertz CT molecular complexity index is 600. The summed E-state index contributed by atoms with van der Waals surface area (Å²) < 4.78 is 25.6. The Balaban J connectivity index is 2.06. The molecule has 0 unspecified atom stereocenters. The zero-order chi connectivity index (χ0) is 13.0. The van der Waals surface area contributed by atoms with Crippen LogP contribution in [0.1, 0.15) is 18.4 Å². The van der Waals surface area contributed by atoms with E-state index in [-0.39, 0.29) is 0 Å². The van der Waals surface area contributed by atoms with Gasteiger partial charge in [0, 0.05) is 24.1 Å². The third-order valence-corrected chi connectivity index (χ3v) is 2.99. The van der Waals surface area contributed by atoms with Gasteiger partial charge in [-0.1, -0.05) is 23.9 Å². The molecule has 1 aromatic carbocycles. The predicted octanol–water partition coefficient (Wildman–Crippen LogP) is 4.44. The maximum atomic E-state index is 11.8. The van der Waals surface area contributed by atoms with Gasteiger partial charge >= 0.3 is 6.08 Å². The zero-order valence-electron chi connectivity index (χ0n) is 10.3. The summed E-state index contributed by atoms with van der Waals surface area (Å²) in [4.78, 5) is 0. The van der Waals surface area contributed by atoms with Crippen molar-refractivity contribution in [3.63, 3.8) is 0 Å². The van der Waals surface area contributed by atoms with Crippen molar-refractivity contribution in [1.82, 2.24) is 4.57 Å². The first-order valence-corrected chi connectivity index (χ1v) is 5.97. The van der Waals surface area contributed by atoms with E-state index in [0.29, 0.717) is 6.42 Å². The quantitative estimate of drug-likeness (QED) is 0.556. The van der Waals surface area contributed by atoms with Gasteiger partial charge < -0.3 is 4.57 Å². The smallest absolute Gasteiger partial charge is 0.312 e. The molecule has 0 radical (unpaired) electrons. The lowest BCUT2D eigenvalue weighted by molar-refractivity contribution is 0.423. The SMILES string of the molecule is Cn1cc(CCCC=C=C(F)F)c2ccccc21. The van der Waals surface area contributed by atoms with Gasteiger partial charge in [-0.25, -0.2) is 0 Å². The van der Waals surface area contributed by atoms with Gasteiger partial charge in [0.1, 0.15) is 0 Å². The van der Waals surface area contributed by atoms with Crippen LogP contribution in [0.15, 0.2) is 48.4 Å². The van der Waals surface area contributed by atoms with Crippen LogP contribution in [-0.2, 0) is 13.5 Å². The van der Waals surface area contributed by atoms with Crippen LogP contribution in [0.2, 0.25) is 0 Å². The van der Waals surface area contributed by atoms with E-state index in [1.165, 1.54) is 22.5 Å². The molecule has 0 spiro atoms. The average molecular weight is 247 g/mol. The third-order valence-electron chi connectivity index (χ3n) is 2.99. The van der Waals surface area contributed by atoms with E-state index in [9.17, 15) is 8.78 Å². The molecule has 2 aromatic rings. The second kappa shape index (κ2) is 5.65. The molecule has 1 heterocycles. The van der Waals surface area contributed by atoms with Gasteiger partial charge in [0.25, 0.3) is 0 Å². The lowest BCUT2D eigenvalue weighted by atomic mass is 10.1. The standard InChI is InChI=1S/C15H15F2N/c1-18-11-12(7-3-2-4-10-15(16)17)13-8-5-6-9-14(13)18/h4-6,8-9,11H,2-3,7H2,1H3. The predicted molar refractivity (Wildman–Crippen MR) is 69.7 cm³/mol. The number of para-hydroxylation sites is 1. The van der Waals surface area contributed by atoms with Crippen LogP contribution in [0.5, 0.6) is 0 Å². The van der Waals surface area contributed by atoms with Gasteiger partial charge in [0.15, 0.2) is 0 Å². The molecule has 18 heavy (non-hydrogen) atoms. The molecular formula is C15H15F2N. The maximum absolute atomic E-state index is 11.8. The molecule has 2 rings (SSSR count). The largest absolute Gasteiger partial charge is 0.350 e. The first kappa shape index (κ1) is 12.6. The molecular weight excluding hydrogens is 232 g/mol. The second-order valence-electron chi connectivity index (χ2n) is 4.28. The Morgan fingerprint density at radius 3 is 2.89 bits per heavy atom. The van der Waals surface area contributed by atoms with Gasteiger partial charge in [0.2, 0.25) is 0 Å². The summed E-state index contributed by atoms with van der Waals surface area (Å²) in [6, 6.07) is 8.22. The zero-order valence-corrected chi connectivity index (χ0v) is 10.3. The summed E-state index contributed by atoms with van der Waals surface area (Å²) >= 11 is 0. The summed E-state index contributed by atoms with van der Waals surface area (Å²) in [7, 11) is 2.02. The molecule has 0 atom stereocenters. The lowest BCUT2D eigenvalue weighted by Gasteiger charge is -1.96. The number of nitrogens with zero attached hydrogens (tertiary/aromatic N) is 1. The molecule has 3 heteroatoms.